The average molecular weight is 416 g/mol. The fraction of sp³-hybridized carbons (Fsp3) is 0.125. The van der Waals surface area contributed by atoms with Gasteiger partial charge in [0, 0.05) is 18.0 Å². The van der Waals surface area contributed by atoms with E-state index in [1.165, 1.54) is 19.1 Å². The number of carbonyl (C=O) groups is 2. The maximum absolute atomic E-state index is 13.1. The van der Waals surface area contributed by atoms with Crippen molar-refractivity contribution in [2.75, 3.05) is 19.1 Å². The van der Waals surface area contributed by atoms with Crippen LogP contribution in [0.4, 0.5) is 5.69 Å². The minimum Gasteiger partial charge on any atom is -0.507 e. The Hall–Kier alpha value is -4.13. The van der Waals surface area contributed by atoms with E-state index in [9.17, 15) is 14.7 Å². The quantitative estimate of drug-likeness (QED) is 0.387. The van der Waals surface area contributed by atoms with Gasteiger partial charge in [-0.2, -0.15) is 0 Å². The van der Waals surface area contributed by atoms with E-state index in [1.807, 2.05) is 0 Å². The van der Waals surface area contributed by atoms with Crippen molar-refractivity contribution in [1.82, 2.24) is 4.98 Å². The van der Waals surface area contributed by atoms with Gasteiger partial charge in [-0.05, 0) is 48.0 Å². The number of aliphatic hydroxyl groups excluding tert-OH is 1. The zero-order valence-electron chi connectivity index (χ0n) is 17.0. The molecule has 2 aromatic carbocycles. The van der Waals surface area contributed by atoms with Crippen LogP contribution < -0.4 is 14.4 Å². The fourth-order valence-corrected chi connectivity index (χ4v) is 3.67. The number of carbonyl (C=O) groups excluding carboxylic acids is 2. The Morgan fingerprint density at radius 3 is 2.35 bits per heavy atom. The van der Waals surface area contributed by atoms with Crippen LogP contribution in [0.2, 0.25) is 0 Å². The number of Topliss-reactive ketones (excluding diaryl/α,β-unsaturated/α-hetero) is 1. The van der Waals surface area contributed by atoms with Crippen molar-refractivity contribution in [1.29, 1.82) is 0 Å². The molecule has 1 unspecified atom stereocenters. The molecule has 156 valence electrons. The smallest absolute Gasteiger partial charge is 0.300 e. The molecule has 0 radical (unpaired) electrons. The molecule has 31 heavy (non-hydrogen) atoms. The second kappa shape index (κ2) is 8.31. The van der Waals surface area contributed by atoms with E-state index in [1.54, 1.807) is 73.1 Å². The van der Waals surface area contributed by atoms with Crippen molar-refractivity contribution in [3.63, 3.8) is 0 Å². The molecule has 1 amide bonds. The van der Waals surface area contributed by atoms with Gasteiger partial charge in [0.15, 0.2) is 0 Å². The number of benzene rings is 2. The lowest BCUT2D eigenvalue weighted by Gasteiger charge is -2.26. The first-order valence-electron chi connectivity index (χ1n) is 9.55. The summed E-state index contributed by atoms with van der Waals surface area (Å²) in [6.45, 7) is 0. The Kier molecular flexibility index (Phi) is 5.41. The number of aromatic nitrogens is 1. The number of amides is 1. The van der Waals surface area contributed by atoms with Crippen molar-refractivity contribution in [2.45, 2.75) is 6.04 Å². The summed E-state index contributed by atoms with van der Waals surface area (Å²) in [5.41, 5.74) is 1.39. The lowest BCUT2D eigenvalue weighted by molar-refractivity contribution is -0.132. The summed E-state index contributed by atoms with van der Waals surface area (Å²) in [6, 6.07) is 16.1. The van der Waals surface area contributed by atoms with E-state index in [0.29, 0.717) is 28.3 Å². The van der Waals surface area contributed by atoms with Crippen molar-refractivity contribution in [3.8, 4) is 11.5 Å². The number of ether oxygens (including phenoxy) is 2. The lowest BCUT2D eigenvalue weighted by atomic mass is 9.96. The molecule has 7 nitrogen and oxygen atoms in total. The van der Waals surface area contributed by atoms with Crippen LogP contribution in [0, 0.1) is 0 Å². The zero-order valence-corrected chi connectivity index (χ0v) is 17.0. The number of nitrogens with zero attached hydrogens (tertiary/aromatic N) is 2. The topological polar surface area (TPSA) is 89.0 Å². The van der Waals surface area contributed by atoms with Gasteiger partial charge in [0.25, 0.3) is 11.7 Å². The van der Waals surface area contributed by atoms with E-state index >= 15 is 0 Å². The van der Waals surface area contributed by atoms with E-state index in [-0.39, 0.29) is 11.3 Å². The molecular weight excluding hydrogens is 396 g/mol. The average Bonchev–Trinajstić information content (AvgIpc) is 3.09. The number of para-hydroxylation sites is 2. The number of aliphatic hydroxyl groups is 1. The van der Waals surface area contributed by atoms with Gasteiger partial charge >= 0.3 is 0 Å². The van der Waals surface area contributed by atoms with Gasteiger partial charge in [0.05, 0.1) is 31.5 Å². The predicted molar refractivity (Wildman–Crippen MR) is 115 cm³/mol. The van der Waals surface area contributed by atoms with E-state index < -0.39 is 17.7 Å². The molecule has 1 aliphatic heterocycles. The van der Waals surface area contributed by atoms with Crippen LogP contribution in [-0.4, -0.2) is 36.0 Å². The van der Waals surface area contributed by atoms with Crippen LogP contribution >= 0.6 is 0 Å². The van der Waals surface area contributed by atoms with E-state index in [0.717, 1.165) is 0 Å². The van der Waals surface area contributed by atoms with Crippen LogP contribution in [0.1, 0.15) is 17.2 Å². The number of ketones is 1. The summed E-state index contributed by atoms with van der Waals surface area (Å²) in [5, 5.41) is 11.1. The third-order valence-corrected chi connectivity index (χ3v) is 5.15. The first-order valence-corrected chi connectivity index (χ1v) is 9.55. The highest BCUT2D eigenvalue weighted by molar-refractivity contribution is 6.51. The van der Waals surface area contributed by atoms with Gasteiger partial charge in [0.2, 0.25) is 0 Å². The molecule has 3 aromatic rings. The lowest BCUT2D eigenvalue weighted by Crippen LogP contribution is -2.29. The third-order valence-electron chi connectivity index (χ3n) is 5.15. The molecule has 0 bridgehead atoms. The fourth-order valence-electron chi connectivity index (χ4n) is 3.67. The van der Waals surface area contributed by atoms with Gasteiger partial charge in [-0.15, -0.1) is 0 Å². The first-order chi connectivity index (χ1) is 15.1. The van der Waals surface area contributed by atoms with Crippen molar-refractivity contribution in [2.24, 2.45) is 0 Å². The van der Waals surface area contributed by atoms with Crippen molar-refractivity contribution < 1.29 is 24.2 Å². The highest BCUT2D eigenvalue weighted by Crippen LogP contribution is 2.44. The summed E-state index contributed by atoms with van der Waals surface area (Å²) in [6.07, 6.45) is 3.17. The molecule has 1 fully saturated rings. The van der Waals surface area contributed by atoms with Crippen molar-refractivity contribution >= 4 is 23.1 Å². The van der Waals surface area contributed by atoms with Crippen LogP contribution in [0.5, 0.6) is 11.5 Å². The molecule has 0 aliphatic carbocycles. The maximum Gasteiger partial charge on any atom is 0.300 e. The Bertz CT molecular complexity index is 1160. The standard InChI is InChI=1S/C24H20N2O5/c1-30-17-11-9-15(10-12-17)22(27)20-21(16-6-5-13-25-14-16)26(24(29)23(20)28)18-7-3-4-8-19(18)31-2/h3-14,21,27H,1-2H3/b22-20+. The summed E-state index contributed by atoms with van der Waals surface area (Å²) in [5.74, 6) is -0.772. The van der Waals surface area contributed by atoms with Crippen LogP contribution in [0.15, 0.2) is 78.6 Å². The minimum absolute atomic E-state index is 0.0194. The molecule has 1 aromatic heterocycles. The van der Waals surface area contributed by atoms with Gasteiger partial charge in [-0.1, -0.05) is 18.2 Å². The largest absolute Gasteiger partial charge is 0.507 e. The number of rotatable bonds is 5. The molecule has 1 atom stereocenters. The normalized spacial score (nSPS) is 17.6. The van der Waals surface area contributed by atoms with Crippen LogP contribution in [0.3, 0.4) is 0 Å². The molecule has 1 saturated heterocycles. The third kappa shape index (κ3) is 3.50. The first kappa shape index (κ1) is 20.2. The Balaban J connectivity index is 1.94. The number of hydrogen-bond acceptors (Lipinski definition) is 6. The van der Waals surface area contributed by atoms with Crippen molar-refractivity contribution in [3.05, 3.63) is 89.8 Å². The molecule has 7 heteroatoms. The van der Waals surface area contributed by atoms with Gasteiger partial charge in [0.1, 0.15) is 17.3 Å². The summed E-state index contributed by atoms with van der Waals surface area (Å²) >= 11 is 0. The van der Waals surface area contributed by atoms with E-state index in [2.05, 4.69) is 4.98 Å². The van der Waals surface area contributed by atoms with E-state index in [4.69, 9.17) is 9.47 Å². The highest BCUT2D eigenvalue weighted by atomic mass is 16.5. The number of pyridine rings is 1. The Morgan fingerprint density at radius 2 is 1.71 bits per heavy atom. The summed E-state index contributed by atoms with van der Waals surface area (Å²) in [7, 11) is 3.03. The van der Waals surface area contributed by atoms with Gasteiger partial charge in [-0.3, -0.25) is 19.5 Å². The second-order valence-electron chi connectivity index (χ2n) is 6.86. The molecule has 4 rings (SSSR count). The molecule has 0 saturated carbocycles. The van der Waals surface area contributed by atoms with Crippen LogP contribution in [-0.2, 0) is 9.59 Å². The van der Waals surface area contributed by atoms with Gasteiger partial charge in [-0.25, -0.2) is 0 Å². The summed E-state index contributed by atoms with van der Waals surface area (Å²) in [4.78, 5) is 31.7. The highest BCUT2D eigenvalue weighted by Gasteiger charge is 2.47. The summed E-state index contributed by atoms with van der Waals surface area (Å²) < 4.78 is 10.6. The molecule has 0 spiro atoms. The number of hydrogen-bond donors (Lipinski definition) is 1. The zero-order chi connectivity index (χ0) is 22.0. The SMILES string of the molecule is COc1ccc(/C(O)=C2\C(=O)C(=O)N(c3ccccc3OC)C2c2cccnc2)cc1. The minimum atomic E-state index is -0.868. The molecular formula is C24H20N2O5. The Morgan fingerprint density at radius 1 is 0.968 bits per heavy atom. The number of methoxy groups -OCH3 is 2. The molecule has 1 aliphatic rings. The molecule has 2 heterocycles. The van der Waals surface area contributed by atoms with Crippen LogP contribution in [0.25, 0.3) is 5.76 Å². The van der Waals surface area contributed by atoms with Gasteiger partial charge < -0.3 is 14.6 Å². The molecule has 1 N–H and O–H groups in total. The maximum atomic E-state index is 13.1. The predicted octanol–water partition coefficient (Wildman–Crippen LogP) is 3.73. The number of anilines is 1. The monoisotopic (exact) mass is 416 g/mol. The second-order valence-corrected chi connectivity index (χ2v) is 6.86. The Labute approximate surface area is 179 Å².